The first-order valence-corrected chi connectivity index (χ1v) is 10.5. The highest BCUT2D eigenvalue weighted by Crippen LogP contribution is 2.21. The van der Waals surface area contributed by atoms with Crippen molar-refractivity contribution in [1.29, 1.82) is 0 Å². The van der Waals surface area contributed by atoms with Crippen LogP contribution in [0.25, 0.3) is 0 Å². The molecule has 0 aliphatic carbocycles. The molecule has 1 saturated heterocycles. The minimum Gasteiger partial charge on any atom is -0.466 e. The Kier molecular flexibility index (Phi) is 7.13. The van der Waals surface area contributed by atoms with E-state index in [-0.39, 0.29) is 24.1 Å². The fraction of sp³-hybridized carbons (Fsp3) is 0.478. The molecule has 162 valence electrons. The fourth-order valence-electron chi connectivity index (χ4n) is 3.89. The van der Waals surface area contributed by atoms with Gasteiger partial charge in [-0.25, -0.2) is 4.39 Å². The Morgan fingerprint density at radius 3 is 2.40 bits per heavy atom. The van der Waals surface area contributed by atoms with E-state index in [1.54, 1.807) is 34.9 Å². The molecule has 2 aromatic rings. The Hall–Kier alpha value is -2.83. The summed E-state index contributed by atoms with van der Waals surface area (Å²) in [4.78, 5) is 31.1. The summed E-state index contributed by atoms with van der Waals surface area (Å²) in [6.07, 6.45) is 1.10. The van der Waals surface area contributed by atoms with Crippen LogP contribution in [-0.4, -0.2) is 60.9 Å². The fourth-order valence-corrected chi connectivity index (χ4v) is 3.89. The molecule has 6 nitrogen and oxygen atoms in total. The molecule has 2 amide bonds. The first-order chi connectivity index (χ1) is 14.4. The third-order valence-corrected chi connectivity index (χ3v) is 5.47. The second kappa shape index (κ2) is 9.78. The molecule has 0 saturated carbocycles. The third-order valence-electron chi connectivity index (χ3n) is 5.47. The first kappa shape index (κ1) is 21.9. The van der Waals surface area contributed by atoms with E-state index in [1.165, 1.54) is 6.07 Å². The van der Waals surface area contributed by atoms with Crippen molar-refractivity contribution >= 4 is 17.5 Å². The molecule has 0 unspecified atom stereocenters. The summed E-state index contributed by atoms with van der Waals surface area (Å²) < 4.78 is 19.5. The number of hydrogen-bond acceptors (Lipinski definition) is 4. The average Bonchev–Trinajstić information content (AvgIpc) is 3.08. The van der Waals surface area contributed by atoms with Crippen LogP contribution in [0.15, 0.2) is 34.7 Å². The van der Waals surface area contributed by atoms with Crippen LogP contribution < -0.4 is 4.90 Å². The monoisotopic (exact) mass is 415 g/mol. The number of aryl methyl sites for hydroxylation is 2. The number of piperazine rings is 1. The van der Waals surface area contributed by atoms with Gasteiger partial charge >= 0.3 is 0 Å². The van der Waals surface area contributed by atoms with Crippen molar-refractivity contribution in [2.75, 3.05) is 44.2 Å². The van der Waals surface area contributed by atoms with E-state index in [2.05, 4.69) is 0 Å². The van der Waals surface area contributed by atoms with E-state index in [1.807, 2.05) is 24.8 Å². The molecule has 1 aromatic carbocycles. The summed E-state index contributed by atoms with van der Waals surface area (Å²) in [7, 11) is 0. The maximum Gasteiger partial charge on any atom is 0.257 e. The Morgan fingerprint density at radius 1 is 1.10 bits per heavy atom. The zero-order valence-electron chi connectivity index (χ0n) is 18.0. The van der Waals surface area contributed by atoms with Gasteiger partial charge in [0, 0.05) is 45.7 Å². The van der Waals surface area contributed by atoms with Crippen LogP contribution >= 0.6 is 0 Å². The van der Waals surface area contributed by atoms with Crippen molar-refractivity contribution in [3.05, 3.63) is 53.2 Å². The number of furan rings is 1. The van der Waals surface area contributed by atoms with Gasteiger partial charge in [0.05, 0.1) is 11.3 Å². The second-order valence-electron chi connectivity index (χ2n) is 7.69. The van der Waals surface area contributed by atoms with Crippen LogP contribution in [0.2, 0.25) is 0 Å². The van der Waals surface area contributed by atoms with Gasteiger partial charge in [-0.05, 0) is 38.5 Å². The first-order valence-electron chi connectivity index (χ1n) is 10.5. The molecule has 0 radical (unpaired) electrons. The zero-order valence-corrected chi connectivity index (χ0v) is 18.0. The van der Waals surface area contributed by atoms with E-state index < -0.39 is 0 Å². The third kappa shape index (κ3) is 5.01. The maximum atomic E-state index is 14.0. The zero-order chi connectivity index (χ0) is 21.7. The normalized spacial score (nSPS) is 14.1. The van der Waals surface area contributed by atoms with Gasteiger partial charge in [-0.1, -0.05) is 19.1 Å². The molecule has 1 aliphatic heterocycles. The van der Waals surface area contributed by atoms with Crippen molar-refractivity contribution in [3.63, 3.8) is 0 Å². The Labute approximate surface area is 177 Å². The summed E-state index contributed by atoms with van der Waals surface area (Å²) in [5.74, 6) is 1.00. The number of amides is 2. The number of para-hydroxylation sites is 1. The van der Waals surface area contributed by atoms with Crippen molar-refractivity contribution in [2.45, 2.75) is 33.6 Å². The van der Waals surface area contributed by atoms with Gasteiger partial charge in [-0.15, -0.1) is 0 Å². The standard InChI is InChI=1S/C23H30FN3O3/c1-4-10-27(23(29)19-16-17(2)30-18(19)3)11-9-22(28)26-14-12-25(13-15-26)21-8-6-5-7-20(21)24/h5-8,16H,4,9-15H2,1-3H3. The SMILES string of the molecule is CCCN(CCC(=O)N1CCN(c2ccccc2F)CC1)C(=O)c1cc(C)oc1C. The van der Waals surface area contributed by atoms with E-state index in [0.717, 1.165) is 6.42 Å². The van der Waals surface area contributed by atoms with Gasteiger partial charge in [0.25, 0.3) is 5.91 Å². The number of hydrogen-bond donors (Lipinski definition) is 0. The molecule has 30 heavy (non-hydrogen) atoms. The predicted octanol–water partition coefficient (Wildman–Crippen LogP) is 3.63. The summed E-state index contributed by atoms with van der Waals surface area (Å²) in [6.45, 7) is 8.87. The molecule has 1 aromatic heterocycles. The highest BCUT2D eigenvalue weighted by Gasteiger charge is 2.25. The molecule has 0 bridgehead atoms. The van der Waals surface area contributed by atoms with Crippen LogP contribution in [0.4, 0.5) is 10.1 Å². The summed E-state index contributed by atoms with van der Waals surface area (Å²) in [5.41, 5.74) is 1.14. The number of carbonyl (C=O) groups excluding carboxylic acids is 2. The minimum absolute atomic E-state index is 0.0252. The van der Waals surface area contributed by atoms with E-state index >= 15 is 0 Å². The van der Waals surface area contributed by atoms with Crippen LogP contribution in [0.5, 0.6) is 0 Å². The molecule has 1 aliphatic rings. The number of rotatable bonds is 7. The highest BCUT2D eigenvalue weighted by molar-refractivity contribution is 5.95. The number of benzene rings is 1. The lowest BCUT2D eigenvalue weighted by atomic mass is 10.2. The van der Waals surface area contributed by atoms with Crippen LogP contribution in [0.3, 0.4) is 0 Å². The van der Waals surface area contributed by atoms with Crippen molar-refractivity contribution < 1.29 is 18.4 Å². The van der Waals surface area contributed by atoms with Gasteiger partial charge in [0.1, 0.15) is 17.3 Å². The van der Waals surface area contributed by atoms with Crippen molar-refractivity contribution in [3.8, 4) is 0 Å². The molecule has 7 heteroatoms. The lowest BCUT2D eigenvalue weighted by molar-refractivity contribution is -0.131. The van der Waals surface area contributed by atoms with Crippen LogP contribution in [0.1, 0.15) is 41.6 Å². The largest absolute Gasteiger partial charge is 0.466 e. The number of anilines is 1. The maximum absolute atomic E-state index is 14.0. The molecule has 1 fully saturated rings. The molecule has 2 heterocycles. The predicted molar refractivity (Wildman–Crippen MR) is 114 cm³/mol. The smallest absolute Gasteiger partial charge is 0.257 e. The van der Waals surface area contributed by atoms with E-state index in [9.17, 15) is 14.0 Å². The lowest BCUT2D eigenvalue weighted by Gasteiger charge is -2.36. The van der Waals surface area contributed by atoms with Crippen molar-refractivity contribution in [1.82, 2.24) is 9.80 Å². The quantitative estimate of drug-likeness (QED) is 0.693. The minimum atomic E-state index is -0.240. The topological polar surface area (TPSA) is 57.0 Å². The lowest BCUT2D eigenvalue weighted by Crippen LogP contribution is -2.49. The molecule has 0 spiro atoms. The second-order valence-corrected chi connectivity index (χ2v) is 7.69. The van der Waals surface area contributed by atoms with Crippen LogP contribution in [0, 0.1) is 19.7 Å². The summed E-state index contributed by atoms with van der Waals surface area (Å²) >= 11 is 0. The van der Waals surface area contributed by atoms with E-state index in [0.29, 0.717) is 62.0 Å². The Morgan fingerprint density at radius 2 is 1.80 bits per heavy atom. The van der Waals surface area contributed by atoms with Gasteiger partial charge in [-0.2, -0.15) is 0 Å². The van der Waals surface area contributed by atoms with Crippen molar-refractivity contribution in [2.24, 2.45) is 0 Å². The van der Waals surface area contributed by atoms with Gasteiger partial charge in [0.15, 0.2) is 0 Å². The molecule has 3 rings (SSSR count). The molecule has 0 N–H and O–H groups in total. The van der Waals surface area contributed by atoms with E-state index in [4.69, 9.17) is 4.42 Å². The summed E-state index contributed by atoms with van der Waals surface area (Å²) in [5, 5.41) is 0. The average molecular weight is 416 g/mol. The Bertz CT molecular complexity index is 888. The number of carbonyl (C=O) groups is 2. The molecule has 0 atom stereocenters. The summed E-state index contributed by atoms with van der Waals surface area (Å²) in [6, 6.07) is 8.47. The highest BCUT2D eigenvalue weighted by atomic mass is 19.1. The molecular weight excluding hydrogens is 385 g/mol. The molecular formula is C23H30FN3O3. The Balaban J connectivity index is 1.54. The van der Waals surface area contributed by atoms with Gasteiger partial charge < -0.3 is 19.1 Å². The number of nitrogens with zero attached hydrogens (tertiary/aromatic N) is 3. The van der Waals surface area contributed by atoms with Crippen LogP contribution in [-0.2, 0) is 4.79 Å². The number of halogens is 1. The van der Waals surface area contributed by atoms with Gasteiger partial charge in [0.2, 0.25) is 5.91 Å². The van der Waals surface area contributed by atoms with Gasteiger partial charge in [-0.3, -0.25) is 9.59 Å².